The van der Waals surface area contributed by atoms with Gasteiger partial charge in [-0.1, -0.05) is 0 Å². The first-order valence-electron chi connectivity index (χ1n) is 7.22. The van der Waals surface area contributed by atoms with Crippen LogP contribution in [0.25, 0.3) is 0 Å². The summed E-state index contributed by atoms with van der Waals surface area (Å²) in [6, 6.07) is 2.68. The van der Waals surface area contributed by atoms with E-state index in [2.05, 4.69) is 0 Å². The van der Waals surface area contributed by atoms with E-state index in [0.717, 1.165) is 32.0 Å². The Hall–Kier alpha value is -1.89. The summed E-state index contributed by atoms with van der Waals surface area (Å²) in [4.78, 5) is 14.6. The molecule has 2 heterocycles. The van der Waals surface area contributed by atoms with Crippen LogP contribution in [0.4, 0.5) is 21.5 Å². The Kier molecular flexibility index (Phi) is 3.92. The molecule has 0 aliphatic carbocycles. The van der Waals surface area contributed by atoms with Gasteiger partial charge in [-0.15, -0.1) is 0 Å². The molecule has 3 rings (SSSR count). The predicted octanol–water partition coefficient (Wildman–Crippen LogP) is 2.17. The first kappa shape index (κ1) is 14.1. The van der Waals surface area contributed by atoms with Gasteiger partial charge in [-0.3, -0.25) is 10.1 Å². The molecule has 1 aromatic carbocycles. The summed E-state index contributed by atoms with van der Waals surface area (Å²) in [6.45, 7) is 3.89. The molecule has 0 radical (unpaired) electrons. The second-order valence-electron chi connectivity index (χ2n) is 5.34. The number of ether oxygens (including phenoxy) is 1. The Balaban J connectivity index is 2.00. The molecule has 0 bridgehead atoms. The number of morpholine rings is 1. The van der Waals surface area contributed by atoms with Gasteiger partial charge >= 0.3 is 0 Å². The van der Waals surface area contributed by atoms with Gasteiger partial charge in [0.05, 0.1) is 29.9 Å². The van der Waals surface area contributed by atoms with Gasteiger partial charge in [-0.2, -0.15) is 0 Å². The van der Waals surface area contributed by atoms with Crippen molar-refractivity contribution in [2.45, 2.75) is 12.8 Å². The molecule has 2 fully saturated rings. The Morgan fingerprint density at radius 2 is 1.67 bits per heavy atom. The summed E-state index contributed by atoms with van der Waals surface area (Å²) >= 11 is 0. The number of hydrogen-bond donors (Lipinski definition) is 0. The van der Waals surface area contributed by atoms with E-state index in [0.29, 0.717) is 37.7 Å². The minimum Gasteiger partial charge on any atom is -0.378 e. The van der Waals surface area contributed by atoms with Crippen LogP contribution >= 0.6 is 0 Å². The number of rotatable bonds is 3. The van der Waals surface area contributed by atoms with Gasteiger partial charge in [0.2, 0.25) is 0 Å². The van der Waals surface area contributed by atoms with Gasteiger partial charge in [-0.25, -0.2) is 4.39 Å². The molecule has 1 aromatic rings. The summed E-state index contributed by atoms with van der Waals surface area (Å²) < 4.78 is 19.5. The maximum absolute atomic E-state index is 14.3. The summed E-state index contributed by atoms with van der Waals surface area (Å²) in [5.74, 6) is -0.536. The van der Waals surface area contributed by atoms with Crippen molar-refractivity contribution in [3.8, 4) is 0 Å². The van der Waals surface area contributed by atoms with Crippen LogP contribution in [0, 0.1) is 15.9 Å². The Bertz CT molecular complexity index is 541. The molecule has 0 saturated carbocycles. The maximum Gasteiger partial charge on any atom is 0.295 e. The number of nitro benzene ring substituents is 1. The first-order valence-corrected chi connectivity index (χ1v) is 7.22. The molecule has 0 amide bonds. The maximum atomic E-state index is 14.3. The van der Waals surface area contributed by atoms with Crippen molar-refractivity contribution < 1.29 is 14.1 Å². The molecule has 0 atom stereocenters. The van der Waals surface area contributed by atoms with Gasteiger partial charge in [0, 0.05) is 26.2 Å². The number of hydrogen-bond acceptors (Lipinski definition) is 5. The van der Waals surface area contributed by atoms with E-state index in [1.807, 2.05) is 9.80 Å². The zero-order chi connectivity index (χ0) is 14.8. The van der Waals surface area contributed by atoms with Crippen LogP contribution in [0.1, 0.15) is 12.8 Å². The molecule has 0 spiro atoms. The first-order chi connectivity index (χ1) is 10.2. The van der Waals surface area contributed by atoms with Crippen molar-refractivity contribution in [1.29, 1.82) is 0 Å². The second kappa shape index (κ2) is 5.85. The summed E-state index contributed by atoms with van der Waals surface area (Å²) in [6.07, 6.45) is 2.03. The van der Waals surface area contributed by atoms with Crippen LogP contribution < -0.4 is 9.80 Å². The van der Waals surface area contributed by atoms with E-state index < -0.39 is 10.7 Å². The summed E-state index contributed by atoms with van der Waals surface area (Å²) in [5.41, 5.74) is 0.817. The van der Waals surface area contributed by atoms with Gasteiger partial charge in [-0.05, 0) is 18.9 Å². The lowest BCUT2D eigenvalue weighted by Crippen LogP contribution is -2.37. The van der Waals surface area contributed by atoms with Crippen LogP contribution in [0.5, 0.6) is 0 Å². The minimum atomic E-state index is -0.536. The van der Waals surface area contributed by atoms with E-state index in [1.54, 1.807) is 6.07 Å². The van der Waals surface area contributed by atoms with Crippen LogP contribution in [0.15, 0.2) is 12.1 Å². The molecule has 114 valence electrons. The average Bonchev–Trinajstić information content (AvgIpc) is 3.02. The Labute approximate surface area is 122 Å². The summed E-state index contributed by atoms with van der Waals surface area (Å²) in [7, 11) is 0. The fourth-order valence-electron chi connectivity index (χ4n) is 2.94. The SMILES string of the molecule is O=[N+]([O-])c1cc(F)c(N2CCOCC2)cc1N1CCCC1. The highest BCUT2D eigenvalue weighted by Crippen LogP contribution is 2.36. The molecule has 2 aliphatic heterocycles. The van der Waals surface area contributed by atoms with Crippen LogP contribution in [0.2, 0.25) is 0 Å². The van der Waals surface area contributed by atoms with E-state index in [4.69, 9.17) is 4.74 Å². The third kappa shape index (κ3) is 2.78. The third-order valence-electron chi connectivity index (χ3n) is 4.04. The highest BCUT2D eigenvalue weighted by Gasteiger charge is 2.27. The normalized spacial score (nSPS) is 19.1. The molecule has 6 nitrogen and oxygen atoms in total. The number of benzene rings is 1. The van der Waals surface area contributed by atoms with Crippen molar-refractivity contribution in [2.75, 3.05) is 49.2 Å². The lowest BCUT2D eigenvalue weighted by molar-refractivity contribution is -0.384. The van der Waals surface area contributed by atoms with Gasteiger partial charge in [0.25, 0.3) is 5.69 Å². The number of halogens is 1. The van der Waals surface area contributed by atoms with Gasteiger partial charge in [0.15, 0.2) is 5.82 Å². The van der Waals surface area contributed by atoms with Gasteiger partial charge in [0.1, 0.15) is 5.69 Å². The largest absolute Gasteiger partial charge is 0.378 e. The molecule has 7 heteroatoms. The van der Waals surface area contributed by atoms with Crippen molar-refractivity contribution in [3.05, 3.63) is 28.1 Å². The molecular weight excluding hydrogens is 277 g/mol. The number of anilines is 2. The van der Waals surface area contributed by atoms with Crippen molar-refractivity contribution in [3.63, 3.8) is 0 Å². The summed E-state index contributed by atoms with van der Waals surface area (Å²) in [5, 5.41) is 11.2. The van der Waals surface area contributed by atoms with E-state index in [1.165, 1.54) is 0 Å². The zero-order valence-corrected chi connectivity index (χ0v) is 11.8. The molecular formula is C14H18FN3O3. The molecule has 2 saturated heterocycles. The molecule has 21 heavy (non-hydrogen) atoms. The molecule has 0 unspecified atom stereocenters. The zero-order valence-electron chi connectivity index (χ0n) is 11.8. The van der Waals surface area contributed by atoms with Crippen LogP contribution in [0.3, 0.4) is 0 Å². The number of nitro groups is 1. The smallest absolute Gasteiger partial charge is 0.295 e. The monoisotopic (exact) mass is 295 g/mol. The fourth-order valence-corrected chi connectivity index (χ4v) is 2.94. The van der Waals surface area contributed by atoms with Crippen molar-refractivity contribution in [1.82, 2.24) is 0 Å². The lowest BCUT2D eigenvalue weighted by Gasteiger charge is -2.30. The standard InChI is InChI=1S/C14H18FN3O3/c15-11-9-14(18(19)20)13(16-3-1-2-4-16)10-12(11)17-5-7-21-8-6-17/h9-10H,1-8H2. The molecule has 2 aliphatic rings. The van der Waals surface area contributed by atoms with E-state index in [-0.39, 0.29) is 5.69 Å². The van der Waals surface area contributed by atoms with Crippen LogP contribution in [-0.2, 0) is 4.74 Å². The predicted molar refractivity (Wildman–Crippen MR) is 77.5 cm³/mol. The molecule has 0 aromatic heterocycles. The van der Waals surface area contributed by atoms with E-state index >= 15 is 0 Å². The molecule has 0 N–H and O–H groups in total. The van der Waals surface area contributed by atoms with Crippen molar-refractivity contribution in [2.24, 2.45) is 0 Å². The second-order valence-corrected chi connectivity index (χ2v) is 5.34. The topological polar surface area (TPSA) is 58.9 Å². The Morgan fingerprint density at radius 1 is 1.05 bits per heavy atom. The highest BCUT2D eigenvalue weighted by molar-refractivity contribution is 5.71. The van der Waals surface area contributed by atoms with Crippen molar-refractivity contribution >= 4 is 17.1 Å². The fraction of sp³-hybridized carbons (Fsp3) is 0.571. The minimum absolute atomic E-state index is 0.147. The average molecular weight is 295 g/mol. The van der Waals surface area contributed by atoms with E-state index in [9.17, 15) is 14.5 Å². The van der Waals surface area contributed by atoms with Gasteiger partial charge < -0.3 is 14.5 Å². The number of nitrogens with zero attached hydrogens (tertiary/aromatic N) is 3. The highest BCUT2D eigenvalue weighted by atomic mass is 19.1. The Morgan fingerprint density at radius 3 is 2.29 bits per heavy atom. The quantitative estimate of drug-likeness (QED) is 0.632. The van der Waals surface area contributed by atoms with Crippen LogP contribution in [-0.4, -0.2) is 44.3 Å². The lowest BCUT2D eigenvalue weighted by atomic mass is 10.2. The third-order valence-corrected chi connectivity index (χ3v) is 4.04.